The minimum atomic E-state index is -1.32. The molecule has 37 heavy (non-hydrogen) atoms. The number of hydrogen-bond acceptors (Lipinski definition) is 5. The monoisotopic (exact) mass is 496 g/mol. The molecule has 0 unspecified atom stereocenters. The molecule has 0 fully saturated rings. The number of esters is 1. The Morgan fingerprint density at radius 1 is 0.946 bits per heavy atom. The second kappa shape index (κ2) is 10.4. The number of H-pyrrole nitrogens is 1. The molecule has 4 rings (SSSR count). The van der Waals surface area contributed by atoms with Crippen molar-refractivity contribution in [3.63, 3.8) is 0 Å². The highest BCUT2D eigenvalue weighted by atomic mass is 16.6. The fraction of sp³-hybridized carbons (Fsp3) is 0.267. The number of amides is 1. The molecule has 0 aliphatic rings. The molecule has 2 N–H and O–H groups in total. The van der Waals surface area contributed by atoms with Gasteiger partial charge in [-0.2, -0.15) is 0 Å². The van der Waals surface area contributed by atoms with E-state index in [-0.39, 0.29) is 5.92 Å². The second-order valence-electron chi connectivity index (χ2n) is 9.85. The number of aromatic amines is 1. The van der Waals surface area contributed by atoms with Gasteiger partial charge in [0.05, 0.1) is 17.1 Å². The van der Waals surface area contributed by atoms with Gasteiger partial charge in [0, 0.05) is 29.8 Å². The van der Waals surface area contributed by atoms with Crippen molar-refractivity contribution in [2.45, 2.75) is 53.1 Å². The zero-order chi connectivity index (χ0) is 26.7. The number of carbonyl (C=O) groups excluding carboxylic acids is 2. The summed E-state index contributed by atoms with van der Waals surface area (Å²) in [5.41, 5.74) is 5.33. The molecule has 0 bridgehead atoms. The van der Waals surface area contributed by atoms with Crippen LogP contribution >= 0.6 is 0 Å². The van der Waals surface area contributed by atoms with E-state index in [0.717, 1.165) is 45.3 Å². The fourth-order valence-corrected chi connectivity index (χ4v) is 4.10. The van der Waals surface area contributed by atoms with E-state index >= 15 is 0 Å². The van der Waals surface area contributed by atoms with Gasteiger partial charge in [-0.25, -0.2) is 4.98 Å². The number of benzene rings is 2. The molecule has 4 aromatic rings. The lowest BCUT2D eigenvalue weighted by Crippen LogP contribution is -2.41. The number of aromatic nitrogens is 3. The molecule has 1 amide bonds. The van der Waals surface area contributed by atoms with Crippen LogP contribution in [0.3, 0.4) is 0 Å². The Morgan fingerprint density at radius 3 is 2.32 bits per heavy atom. The lowest BCUT2D eigenvalue weighted by molar-refractivity contribution is -0.160. The first-order chi connectivity index (χ1) is 17.5. The van der Waals surface area contributed by atoms with Crippen molar-refractivity contribution < 1.29 is 14.3 Å². The van der Waals surface area contributed by atoms with Gasteiger partial charge in [0.15, 0.2) is 5.60 Å². The van der Waals surface area contributed by atoms with Gasteiger partial charge in [0.25, 0.3) is 5.91 Å². The minimum absolute atomic E-state index is 0.171. The Morgan fingerprint density at radius 2 is 1.68 bits per heavy atom. The molecule has 7 heteroatoms. The zero-order valence-corrected chi connectivity index (χ0v) is 22.0. The molecule has 0 atom stereocenters. The van der Waals surface area contributed by atoms with Crippen LogP contribution in [0.25, 0.3) is 33.8 Å². The molecule has 0 radical (unpaired) electrons. The number of rotatable bonds is 7. The van der Waals surface area contributed by atoms with E-state index in [1.807, 2.05) is 73.7 Å². The molecular formula is C30H32N4O3. The van der Waals surface area contributed by atoms with E-state index in [9.17, 15) is 9.59 Å². The van der Waals surface area contributed by atoms with Crippen molar-refractivity contribution in [3.05, 3.63) is 78.2 Å². The van der Waals surface area contributed by atoms with Crippen LogP contribution < -0.4 is 5.32 Å². The molecule has 0 saturated heterocycles. The summed E-state index contributed by atoms with van der Waals surface area (Å²) in [7, 11) is 0. The van der Waals surface area contributed by atoms with Gasteiger partial charge in [-0.1, -0.05) is 56.3 Å². The average molecular weight is 497 g/mol. The van der Waals surface area contributed by atoms with Crippen molar-refractivity contribution >= 4 is 17.6 Å². The van der Waals surface area contributed by atoms with Crippen molar-refractivity contribution in [2.75, 3.05) is 5.32 Å². The summed E-state index contributed by atoms with van der Waals surface area (Å²) in [5.74, 6) is 0.0718. The van der Waals surface area contributed by atoms with E-state index < -0.39 is 17.5 Å². The van der Waals surface area contributed by atoms with E-state index in [1.165, 1.54) is 6.92 Å². The van der Waals surface area contributed by atoms with Crippen molar-refractivity contribution in [1.82, 2.24) is 15.0 Å². The van der Waals surface area contributed by atoms with Gasteiger partial charge >= 0.3 is 5.97 Å². The summed E-state index contributed by atoms with van der Waals surface area (Å²) in [5, 5.41) is 2.90. The Bertz CT molecular complexity index is 1440. The van der Waals surface area contributed by atoms with Crippen LogP contribution in [-0.4, -0.2) is 32.4 Å². The van der Waals surface area contributed by atoms with Crippen LogP contribution in [0.2, 0.25) is 0 Å². The highest BCUT2D eigenvalue weighted by molar-refractivity contribution is 5.99. The van der Waals surface area contributed by atoms with Gasteiger partial charge in [-0.15, -0.1) is 0 Å². The molecule has 0 aliphatic carbocycles. The van der Waals surface area contributed by atoms with Gasteiger partial charge in [0.1, 0.15) is 5.82 Å². The lowest BCUT2D eigenvalue weighted by atomic mass is 9.95. The molecule has 0 aliphatic heterocycles. The Hall–Kier alpha value is -4.26. The number of aryl methyl sites for hydroxylation is 1. The number of carbonyl (C=O) groups is 2. The zero-order valence-electron chi connectivity index (χ0n) is 22.0. The van der Waals surface area contributed by atoms with Crippen molar-refractivity contribution in [3.8, 4) is 33.8 Å². The summed E-state index contributed by atoms with van der Waals surface area (Å²) in [6.07, 6.45) is 0. The minimum Gasteiger partial charge on any atom is -0.450 e. The number of pyridine rings is 1. The van der Waals surface area contributed by atoms with Crippen LogP contribution in [0.4, 0.5) is 5.69 Å². The molecule has 0 saturated carbocycles. The summed E-state index contributed by atoms with van der Waals surface area (Å²) in [4.78, 5) is 37.7. The maximum Gasteiger partial charge on any atom is 0.303 e. The van der Waals surface area contributed by atoms with Crippen LogP contribution in [0.1, 0.15) is 52.1 Å². The third kappa shape index (κ3) is 5.77. The molecular weight excluding hydrogens is 464 g/mol. The molecule has 0 spiro atoms. The summed E-state index contributed by atoms with van der Waals surface area (Å²) < 4.78 is 5.22. The number of hydrogen-bond donors (Lipinski definition) is 2. The predicted molar refractivity (Wildman–Crippen MR) is 146 cm³/mol. The molecule has 7 nitrogen and oxygen atoms in total. The number of ether oxygens (including phenoxy) is 1. The van der Waals surface area contributed by atoms with E-state index in [4.69, 9.17) is 14.7 Å². The highest BCUT2D eigenvalue weighted by Crippen LogP contribution is 2.39. The summed E-state index contributed by atoms with van der Waals surface area (Å²) in [6, 6.07) is 21.7. The second-order valence-corrected chi connectivity index (χ2v) is 9.85. The van der Waals surface area contributed by atoms with Gasteiger partial charge in [0.2, 0.25) is 0 Å². The average Bonchev–Trinajstić information content (AvgIpc) is 3.30. The van der Waals surface area contributed by atoms with E-state index in [0.29, 0.717) is 5.69 Å². The van der Waals surface area contributed by atoms with E-state index in [2.05, 4.69) is 24.1 Å². The Kier molecular flexibility index (Phi) is 7.25. The third-order valence-electron chi connectivity index (χ3n) is 5.98. The quantitative estimate of drug-likeness (QED) is 0.284. The smallest absolute Gasteiger partial charge is 0.303 e. The van der Waals surface area contributed by atoms with Crippen LogP contribution in [0.5, 0.6) is 0 Å². The normalized spacial score (nSPS) is 11.4. The largest absolute Gasteiger partial charge is 0.450 e. The number of nitrogens with zero attached hydrogens (tertiary/aromatic N) is 2. The van der Waals surface area contributed by atoms with Gasteiger partial charge < -0.3 is 15.0 Å². The van der Waals surface area contributed by atoms with Crippen LogP contribution in [0, 0.1) is 6.92 Å². The first-order valence-electron chi connectivity index (χ1n) is 12.3. The van der Waals surface area contributed by atoms with Crippen molar-refractivity contribution in [1.29, 1.82) is 0 Å². The Labute approximate surface area is 217 Å². The third-order valence-corrected chi connectivity index (χ3v) is 5.98. The maximum atomic E-state index is 13.0. The van der Waals surface area contributed by atoms with Gasteiger partial charge in [-0.05, 0) is 56.2 Å². The fourth-order valence-electron chi connectivity index (χ4n) is 4.10. The Balaban J connectivity index is 1.89. The first kappa shape index (κ1) is 25.8. The highest BCUT2D eigenvalue weighted by Gasteiger charge is 2.31. The molecule has 2 aromatic carbocycles. The standard InChI is InChI=1S/C30H32N4O3/c1-18(2)28-33-26(27(34-28)25-14-10-11-19(3)31-25)24-17-22(32-29(36)30(5,6)37-20(4)35)15-16-23(24)21-12-8-7-9-13-21/h7-18H,1-6H3,(H,32,36)(H,33,34). The number of nitrogens with one attached hydrogen (secondary N) is 2. The molecule has 190 valence electrons. The molecule has 2 aromatic heterocycles. The topological polar surface area (TPSA) is 97.0 Å². The lowest BCUT2D eigenvalue weighted by Gasteiger charge is -2.23. The van der Waals surface area contributed by atoms with Crippen LogP contribution in [-0.2, 0) is 14.3 Å². The molecule has 2 heterocycles. The summed E-state index contributed by atoms with van der Waals surface area (Å²) in [6.45, 7) is 10.5. The van der Waals surface area contributed by atoms with Crippen molar-refractivity contribution in [2.24, 2.45) is 0 Å². The maximum absolute atomic E-state index is 13.0. The number of imidazole rings is 1. The van der Waals surface area contributed by atoms with Gasteiger partial charge in [-0.3, -0.25) is 14.6 Å². The van der Waals surface area contributed by atoms with Crippen LogP contribution in [0.15, 0.2) is 66.7 Å². The summed E-state index contributed by atoms with van der Waals surface area (Å²) >= 11 is 0. The number of anilines is 1. The predicted octanol–water partition coefficient (Wildman–Crippen LogP) is 6.52. The first-order valence-corrected chi connectivity index (χ1v) is 12.3. The van der Waals surface area contributed by atoms with E-state index in [1.54, 1.807) is 13.8 Å². The SMILES string of the molecule is CC(=O)OC(C)(C)C(=O)Nc1ccc(-c2ccccc2)c(-c2nc(C(C)C)[nH]c2-c2cccc(C)n2)c1.